The van der Waals surface area contributed by atoms with Crippen LogP contribution in [0.5, 0.6) is 0 Å². The molecule has 1 aliphatic carbocycles. The zero-order chi connectivity index (χ0) is 22.1. The van der Waals surface area contributed by atoms with Gasteiger partial charge in [0, 0.05) is 39.0 Å². The van der Waals surface area contributed by atoms with Crippen LogP contribution in [0.25, 0.3) is 10.7 Å². The summed E-state index contributed by atoms with van der Waals surface area (Å²) in [6.07, 6.45) is 3.66. The Labute approximate surface area is 190 Å². The molecule has 1 saturated heterocycles. The first kappa shape index (κ1) is 21.3. The minimum Gasteiger partial charge on any atom is -0.340 e. The Morgan fingerprint density at radius 1 is 1.09 bits per heavy atom. The Kier molecular flexibility index (Phi) is 5.83. The zero-order valence-electron chi connectivity index (χ0n) is 17.6. The van der Waals surface area contributed by atoms with Crippen LogP contribution < -0.4 is 0 Å². The third kappa shape index (κ3) is 4.22. The molecule has 0 bridgehead atoms. The van der Waals surface area contributed by atoms with E-state index in [1.165, 1.54) is 21.2 Å². The van der Waals surface area contributed by atoms with E-state index in [9.17, 15) is 13.2 Å². The molecule has 168 valence electrons. The third-order valence-corrected chi connectivity index (χ3v) is 8.82. The zero-order valence-corrected chi connectivity index (χ0v) is 19.2. The summed E-state index contributed by atoms with van der Waals surface area (Å²) < 4.78 is 32.9. The molecule has 0 N–H and O–H groups in total. The van der Waals surface area contributed by atoms with Gasteiger partial charge in [-0.3, -0.25) is 4.79 Å². The number of carbonyl (C=O) groups is 1. The van der Waals surface area contributed by atoms with E-state index < -0.39 is 10.0 Å². The Balaban J connectivity index is 1.15. The lowest BCUT2D eigenvalue weighted by molar-refractivity contribution is -0.132. The number of benzene rings is 1. The van der Waals surface area contributed by atoms with E-state index in [2.05, 4.69) is 10.1 Å². The summed E-state index contributed by atoms with van der Waals surface area (Å²) in [5.74, 6) is 0.933. The maximum absolute atomic E-state index is 13.1. The molecule has 2 aromatic heterocycles. The van der Waals surface area contributed by atoms with Crippen molar-refractivity contribution in [3.05, 3.63) is 52.7 Å². The SMILES string of the molecule is O=C(CCc1nc(-c2cccs2)no1)N1CCN(S(=O)(=O)c2ccc3c(c2)CCC3)CC1. The lowest BCUT2D eigenvalue weighted by atomic mass is 10.1. The van der Waals surface area contributed by atoms with Crippen LogP contribution in [-0.4, -0.2) is 59.8 Å². The van der Waals surface area contributed by atoms with Gasteiger partial charge in [-0.1, -0.05) is 17.3 Å². The van der Waals surface area contributed by atoms with Crippen LogP contribution in [0.15, 0.2) is 45.1 Å². The average molecular weight is 473 g/mol. The van der Waals surface area contributed by atoms with E-state index in [4.69, 9.17) is 4.52 Å². The van der Waals surface area contributed by atoms with Crippen molar-refractivity contribution in [1.82, 2.24) is 19.3 Å². The van der Waals surface area contributed by atoms with Crippen LogP contribution in [0.4, 0.5) is 0 Å². The molecule has 10 heteroatoms. The van der Waals surface area contributed by atoms with E-state index in [-0.39, 0.29) is 12.3 Å². The van der Waals surface area contributed by atoms with Gasteiger partial charge in [0.15, 0.2) is 0 Å². The summed E-state index contributed by atoms with van der Waals surface area (Å²) in [6.45, 7) is 1.36. The summed E-state index contributed by atoms with van der Waals surface area (Å²) in [6, 6.07) is 9.32. The number of piperazine rings is 1. The van der Waals surface area contributed by atoms with Crippen LogP contribution in [-0.2, 0) is 34.1 Å². The van der Waals surface area contributed by atoms with Crippen molar-refractivity contribution < 1.29 is 17.7 Å². The van der Waals surface area contributed by atoms with Gasteiger partial charge in [-0.05, 0) is 54.0 Å². The fourth-order valence-corrected chi connectivity index (χ4v) is 6.39. The first-order valence-corrected chi connectivity index (χ1v) is 13.1. The second kappa shape index (κ2) is 8.76. The summed E-state index contributed by atoms with van der Waals surface area (Å²) >= 11 is 1.53. The predicted octanol–water partition coefficient (Wildman–Crippen LogP) is 2.75. The van der Waals surface area contributed by atoms with Gasteiger partial charge in [0.05, 0.1) is 9.77 Å². The van der Waals surface area contributed by atoms with E-state index >= 15 is 0 Å². The molecule has 1 aliphatic heterocycles. The van der Waals surface area contributed by atoms with Crippen molar-refractivity contribution >= 4 is 27.3 Å². The molecule has 3 aromatic rings. The van der Waals surface area contributed by atoms with E-state index in [0.29, 0.717) is 49.2 Å². The lowest BCUT2D eigenvalue weighted by Crippen LogP contribution is -2.50. The van der Waals surface area contributed by atoms with Gasteiger partial charge < -0.3 is 9.42 Å². The van der Waals surface area contributed by atoms with Crippen molar-refractivity contribution in [3.8, 4) is 10.7 Å². The molecule has 0 saturated carbocycles. The van der Waals surface area contributed by atoms with Crippen LogP contribution in [0.2, 0.25) is 0 Å². The summed E-state index contributed by atoms with van der Waals surface area (Å²) in [5, 5.41) is 5.91. The quantitative estimate of drug-likeness (QED) is 0.547. The normalized spacial score (nSPS) is 16.9. The monoisotopic (exact) mass is 472 g/mol. The number of nitrogens with zero attached hydrogens (tertiary/aromatic N) is 4. The highest BCUT2D eigenvalue weighted by atomic mass is 32.2. The van der Waals surface area contributed by atoms with E-state index in [0.717, 1.165) is 29.7 Å². The van der Waals surface area contributed by atoms with E-state index in [1.54, 1.807) is 11.0 Å². The Morgan fingerprint density at radius 3 is 2.69 bits per heavy atom. The van der Waals surface area contributed by atoms with Crippen LogP contribution in [0, 0.1) is 0 Å². The number of thiophene rings is 1. The number of hydrogen-bond donors (Lipinski definition) is 0. The summed E-state index contributed by atoms with van der Waals surface area (Å²) in [5.41, 5.74) is 2.39. The highest BCUT2D eigenvalue weighted by Gasteiger charge is 2.31. The molecule has 1 fully saturated rings. The molecular weight excluding hydrogens is 448 g/mol. The molecule has 5 rings (SSSR count). The van der Waals surface area contributed by atoms with Crippen molar-refractivity contribution in [1.29, 1.82) is 0 Å². The van der Waals surface area contributed by atoms with Gasteiger partial charge in [-0.2, -0.15) is 9.29 Å². The van der Waals surface area contributed by atoms with Crippen molar-refractivity contribution in [3.63, 3.8) is 0 Å². The lowest BCUT2D eigenvalue weighted by Gasteiger charge is -2.34. The minimum atomic E-state index is -3.54. The number of rotatable bonds is 6. The number of sulfonamides is 1. The van der Waals surface area contributed by atoms with Gasteiger partial charge >= 0.3 is 0 Å². The smallest absolute Gasteiger partial charge is 0.243 e. The predicted molar refractivity (Wildman–Crippen MR) is 120 cm³/mol. The van der Waals surface area contributed by atoms with Gasteiger partial charge in [0.1, 0.15) is 0 Å². The van der Waals surface area contributed by atoms with Gasteiger partial charge in [0.2, 0.25) is 27.6 Å². The average Bonchev–Trinajstić information content (AvgIpc) is 3.58. The molecule has 0 radical (unpaired) electrons. The highest BCUT2D eigenvalue weighted by molar-refractivity contribution is 7.89. The fraction of sp³-hybridized carbons (Fsp3) is 0.409. The summed E-state index contributed by atoms with van der Waals surface area (Å²) in [4.78, 5) is 20.0. The van der Waals surface area contributed by atoms with Gasteiger partial charge in [0.25, 0.3) is 0 Å². The molecule has 8 nitrogen and oxygen atoms in total. The van der Waals surface area contributed by atoms with Crippen LogP contribution in [0.3, 0.4) is 0 Å². The number of amides is 1. The maximum Gasteiger partial charge on any atom is 0.243 e. The molecule has 2 aliphatic rings. The Hall–Kier alpha value is -2.56. The fourth-order valence-electron chi connectivity index (χ4n) is 4.27. The molecule has 0 atom stereocenters. The first-order valence-electron chi connectivity index (χ1n) is 10.8. The third-order valence-electron chi connectivity index (χ3n) is 6.06. The highest BCUT2D eigenvalue weighted by Crippen LogP contribution is 2.27. The van der Waals surface area contributed by atoms with Gasteiger partial charge in [-0.25, -0.2) is 8.42 Å². The molecular formula is C22H24N4O4S2. The Morgan fingerprint density at radius 2 is 1.91 bits per heavy atom. The minimum absolute atomic E-state index is 0.0320. The standard InChI is InChI=1S/C22H24N4O4S2/c27-21(9-8-20-23-22(24-30-20)19-5-2-14-31-19)25-10-12-26(13-11-25)32(28,29)18-7-6-16-3-1-4-17(16)15-18/h2,5-7,14-15H,1,3-4,8-13H2. The van der Waals surface area contributed by atoms with Gasteiger partial charge in [-0.15, -0.1) is 11.3 Å². The largest absolute Gasteiger partial charge is 0.340 e. The number of carbonyl (C=O) groups excluding carboxylic acids is 1. The first-order chi connectivity index (χ1) is 15.5. The molecule has 1 aromatic carbocycles. The number of aromatic nitrogens is 2. The maximum atomic E-state index is 13.1. The second-order valence-electron chi connectivity index (χ2n) is 8.06. The number of fused-ring (bicyclic) bond motifs is 1. The molecule has 0 unspecified atom stereocenters. The molecule has 0 spiro atoms. The molecule has 3 heterocycles. The summed E-state index contributed by atoms with van der Waals surface area (Å²) in [7, 11) is -3.54. The Bertz CT molecular complexity index is 1210. The second-order valence-corrected chi connectivity index (χ2v) is 10.9. The van der Waals surface area contributed by atoms with E-state index in [1.807, 2.05) is 29.6 Å². The molecule has 1 amide bonds. The van der Waals surface area contributed by atoms with Crippen molar-refractivity contribution in [2.75, 3.05) is 26.2 Å². The van der Waals surface area contributed by atoms with Crippen molar-refractivity contribution in [2.24, 2.45) is 0 Å². The number of hydrogen-bond acceptors (Lipinski definition) is 7. The number of aryl methyl sites for hydroxylation is 3. The van der Waals surface area contributed by atoms with Crippen LogP contribution in [0.1, 0.15) is 29.9 Å². The van der Waals surface area contributed by atoms with Crippen LogP contribution >= 0.6 is 11.3 Å². The van der Waals surface area contributed by atoms with Crippen molar-refractivity contribution in [2.45, 2.75) is 37.0 Å². The molecule has 32 heavy (non-hydrogen) atoms. The topological polar surface area (TPSA) is 96.6 Å².